The summed E-state index contributed by atoms with van der Waals surface area (Å²) in [6.07, 6.45) is 0.930. The van der Waals surface area contributed by atoms with Gasteiger partial charge in [-0.3, -0.25) is 4.79 Å². The van der Waals surface area contributed by atoms with E-state index in [2.05, 4.69) is 17.6 Å². The summed E-state index contributed by atoms with van der Waals surface area (Å²) in [6, 6.07) is 14.6. The number of aryl methyl sites for hydroxylation is 1. The Balaban J connectivity index is 1.82. The lowest BCUT2D eigenvalue weighted by atomic mass is 9.94. The lowest BCUT2D eigenvalue weighted by Gasteiger charge is -2.37. The Morgan fingerprint density at radius 2 is 1.74 bits per heavy atom. The van der Waals surface area contributed by atoms with Crippen molar-refractivity contribution in [3.8, 4) is 0 Å². The van der Waals surface area contributed by atoms with Crippen LogP contribution in [0, 0.1) is 5.92 Å². The fourth-order valence-corrected chi connectivity index (χ4v) is 4.23. The first-order valence-electron chi connectivity index (χ1n) is 11.7. The molecule has 2 aromatic rings. The van der Waals surface area contributed by atoms with Gasteiger partial charge in [-0.05, 0) is 73.8 Å². The SMILES string of the molecule is CCc1ccc(C(=O)Nc2ccc(C3NC(=S)N(CC)C(C)=C3C(=O)OCC(C)C)cc2)cc1. The van der Waals surface area contributed by atoms with Crippen LogP contribution in [0.25, 0.3) is 0 Å². The van der Waals surface area contributed by atoms with Gasteiger partial charge in [-0.2, -0.15) is 0 Å². The molecule has 7 heteroatoms. The van der Waals surface area contributed by atoms with Crippen molar-refractivity contribution in [1.82, 2.24) is 10.2 Å². The molecule has 180 valence electrons. The van der Waals surface area contributed by atoms with E-state index in [-0.39, 0.29) is 17.8 Å². The van der Waals surface area contributed by atoms with Crippen LogP contribution < -0.4 is 10.6 Å². The number of carbonyl (C=O) groups is 2. The zero-order valence-corrected chi connectivity index (χ0v) is 21.3. The molecule has 1 aliphatic rings. The Morgan fingerprint density at radius 1 is 1.09 bits per heavy atom. The summed E-state index contributed by atoms with van der Waals surface area (Å²) < 4.78 is 5.57. The second kappa shape index (κ2) is 11.3. The minimum Gasteiger partial charge on any atom is -0.462 e. The second-order valence-electron chi connectivity index (χ2n) is 8.74. The number of allylic oxidation sites excluding steroid dienone is 1. The monoisotopic (exact) mass is 479 g/mol. The lowest BCUT2D eigenvalue weighted by molar-refractivity contribution is -0.140. The van der Waals surface area contributed by atoms with E-state index in [1.807, 2.05) is 81.1 Å². The summed E-state index contributed by atoms with van der Waals surface area (Å²) in [4.78, 5) is 27.5. The Hall–Kier alpha value is -3.19. The van der Waals surface area contributed by atoms with Gasteiger partial charge in [0.05, 0.1) is 18.2 Å². The van der Waals surface area contributed by atoms with Crippen LogP contribution in [-0.2, 0) is 16.0 Å². The minimum absolute atomic E-state index is 0.167. The van der Waals surface area contributed by atoms with Crippen molar-refractivity contribution >= 4 is 34.9 Å². The van der Waals surface area contributed by atoms with Crippen molar-refractivity contribution in [2.24, 2.45) is 5.92 Å². The number of carbonyl (C=O) groups excluding carboxylic acids is 2. The topological polar surface area (TPSA) is 70.7 Å². The summed E-state index contributed by atoms with van der Waals surface area (Å²) in [5.41, 5.74) is 4.66. The van der Waals surface area contributed by atoms with E-state index in [4.69, 9.17) is 17.0 Å². The van der Waals surface area contributed by atoms with E-state index in [0.717, 1.165) is 17.7 Å². The molecule has 6 nitrogen and oxygen atoms in total. The highest BCUT2D eigenvalue weighted by Crippen LogP contribution is 2.32. The molecule has 0 radical (unpaired) electrons. The number of hydrogen-bond acceptors (Lipinski definition) is 4. The number of rotatable bonds is 8. The van der Waals surface area contributed by atoms with Crippen molar-refractivity contribution in [3.05, 3.63) is 76.5 Å². The van der Waals surface area contributed by atoms with Crippen molar-refractivity contribution in [2.45, 2.75) is 47.1 Å². The Morgan fingerprint density at radius 3 is 2.29 bits per heavy atom. The molecule has 0 bridgehead atoms. The highest BCUT2D eigenvalue weighted by Gasteiger charge is 2.34. The van der Waals surface area contributed by atoms with Crippen LogP contribution in [0.15, 0.2) is 59.8 Å². The van der Waals surface area contributed by atoms with Gasteiger partial charge in [0.15, 0.2) is 5.11 Å². The molecule has 0 saturated heterocycles. The van der Waals surface area contributed by atoms with Crippen LogP contribution in [0.5, 0.6) is 0 Å². The van der Waals surface area contributed by atoms with Crippen LogP contribution in [0.3, 0.4) is 0 Å². The summed E-state index contributed by atoms with van der Waals surface area (Å²) >= 11 is 5.55. The number of thiocarbonyl (C=S) groups is 1. The molecule has 2 N–H and O–H groups in total. The molecule has 0 fully saturated rings. The van der Waals surface area contributed by atoms with Gasteiger partial charge < -0.3 is 20.3 Å². The molecule has 0 aromatic heterocycles. The molecule has 0 saturated carbocycles. The summed E-state index contributed by atoms with van der Waals surface area (Å²) in [7, 11) is 0. The number of amides is 1. The van der Waals surface area contributed by atoms with Gasteiger partial charge >= 0.3 is 5.97 Å². The third kappa shape index (κ3) is 5.83. The first-order valence-corrected chi connectivity index (χ1v) is 12.1. The van der Waals surface area contributed by atoms with Gasteiger partial charge in [0.25, 0.3) is 5.91 Å². The van der Waals surface area contributed by atoms with Crippen molar-refractivity contribution in [1.29, 1.82) is 0 Å². The average molecular weight is 480 g/mol. The maximum atomic E-state index is 13.0. The highest BCUT2D eigenvalue weighted by atomic mass is 32.1. The van der Waals surface area contributed by atoms with Gasteiger partial charge in [-0.1, -0.05) is 45.0 Å². The fourth-order valence-electron chi connectivity index (χ4n) is 3.85. The zero-order valence-electron chi connectivity index (χ0n) is 20.5. The predicted octanol–water partition coefficient (Wildman–Crippen LogP) is 5.23. The molecular weight excluding hydrogens is 446 g/mol. The van der Waals surface area contributed by atoms with Gasteiger partial charge in [0.1, 0.15) is 0 Å². The standard InChI is InChI=1S/C27H33N3O3S/c1-6-19-8-10-21(11-9-19)25(31)28-22-14-12-20(13-15-22)24-23(26(32)33-16-17(3)4)18(5)30(7-2)27(34)29-24/h8-15,17,24H,6-7,16H2,1-5H3,(H,28,31)(H,29,34). The molecule has 0 spiro atoms. The second-order valence-corrected chi connectivity index (χ2v) is 9.13. The molecule has 3 rings (SSSR count). The molecule has 1 unspecified atom stereocenters. The normalized spacial score (nSPS) is 15.9. The largest absolute Gasteiger partial charge is 0.462 e. The average Bonchev–Trinajstić information content (AvgIpc) is 2.83. The fraction of sp³-hybridized carbons (Fsp3) is 0.370. The summed E-state index contributed by atoms with van der Waals surface area (Å²) in [6.45, 7) is 11.0. The van der Waals surface area contributed by atoms with Crippen LogP contribution in [0.1, 0.15) is 62.1 Å². The number of anilines is 1. The molecule has 34 heavy (non-hydrogen) atoms. The van der Waals surface area contributed by atoms with E-state index in [0.29, 0.717) is 35.1 Å². The van der Waals surface area contributed by atoms with Crippen molar-refractivity contribution < 1.29 is 14.3 Å². The molecule has 1 heterocycles. The quantitative estimate of drug-likeness (QED) is 0.399. The lowest BCUT2D eigenvalue weighted by Crippen LogP contribution is -2.47. The number of hydrogen-bond donors (Lipinski definition) is 2. The molecule has 1 aliphatic heterocycles. The number of ether oxygens (including phenoxy) is 1. The Bertz CT molecular complexity index is 1080. The van der Waals surface area contributed by atoms with E-state index < -0.39 is 6.04 Å². The van der Waals surface area contributed by atoms with Crippen LogP contribution in [-0.4, -0.2) is 35.0 Å². The number of nitrogens with zero attached hydrogens (tertiary/aromatic N) is 1. The summed E-state index contributed by atoms with van der Waals surface area (Å²) in [5.74, 6) is -0.276. The minimum atomic E-state index is -0.429. The zero-order chi connectivity index (χ0) is 24.8. The first kappa shape index (κ1) is 25.4. The third-order valence-electron chi connectivity index (χ3n) is 5.81. The molecule has 0 aliphatic carbocycles. The summed E-state index contributed by atoms with van der Waals surface area (Å²) in [5, 5.41) is 6.79. The third-order valence-corrected chi connectivity index (χ3v) is 6.14. The number of esters is 1. The molecular formula is C27H33N3O3S. The maximum Gasteiger partial charge on any atom is 0.338 e. The Kier molecular flexibility index (Phi) is 8.45. The van der Waals surface area contributed by atoms with Gasteiger partial charge in [0, 0.05) is 23.5 Å². The van der Waals surface area contributed by atoms with E-state index in [1.54, 1.807) is 0 Å². The highest BCUT2D eigenvalue weighted by molar-refractivity contribution is 7.80. The van der Waals surface area contributed by atoms with Crippen LogP contribution in [0.4, 0.5) is 5.69 Å². The van der Waals surface area contributed by atoms with Crippen molar-refractivity contribution in [3.63, 3.8) is 0 Å². The van der Waals surface area contributed by atoms with Crippen molar-refractivity contribution in [2.75, 3.05) is 18.5 Å². The smallest absolute Gasteiger partial charge is 0.338 e. The van der Waals surface area contributed by atoms with E-state index >= 15 is 0 Å². The molecule has 2 aromatic carbocycles. The van der Waals surface area contributed by atoms with E-state index in [1.165, 1.54) is 5.56 Å². The molecule has 1 atom stereocenters. The van der Waals surface area contributed by atoms with E-state index in [9.17, 15) is 9.59 Å². The van der Waals surface area contributed by atoms with Gasteiger partial charge in [0.2, 0.25) is 0 Å². The number of nitrogens with one attached hydrogen (secondary N) is 2. The van der Waals surface area contributed by atoms with Gasteiger partial charge in [-0.25, -0.2) is 4.79 Å². The molecule has 1 amide bonds. The van der Waals surface area contributed by atoms with Crippen LogP contribution >= 0.6 is 12.2 Å². The number of benzene rings is 2. The maximum absolute atomic E-state index is 13.0. The predicted molar refractivity (Wildman–Crippen MR) is 140 cm³/mol. The Labute approximate surface area is 207 Å². The van der Waals surface area contributed by atoms with Crippen LogP contribution in [0.2, 0.25) is 0 Å². The van der Waals surface area contributed by atoms with Gasteiger partial charge in [-0.15, -0.1) is 0 Å². The first-order chi connectivity index (χ1) is 16.2.